The molecule has 0 radical (unpaired) electrons. The van der Waals surface area contributed by atoms with Crippen molar-refractivity contribution in [3.63, 3.8) is 0 Å². The predicted octanol–water partition coefficient (Wildman–Crippen LogP) is 1.98. The number of halogens is 1. The van der Waals surface area contributed by atoms with Crippen molar-refractivity contribution in [3.8, 4) is 0 Å². The fraction of sp³-hybridized carbons (Fsp3) is 0.250. The Bertz CT molecular complexity index is 312. The molecule has 0 amide bonds. The highest BCUT2D eigenvalue weighted by Gasteiger charge is 2.06. The second-order valence-electron chi connectivity index (χ2n) is 2.34. The van der Waals surface area contributed by atoms with E-state index < -0.39 is 0 Å². The van der Waals surface area contributed by atoms with Crippen LogP contribution in [-0.2, 0) is 0 Å². The normalized spacial score (nSPS) is 9.58. The van der Waals surface area contributed by atoms with E-state index in [0.717, 1.165) is 0 Å². The van der Waals surface area contributed by atoms with E-state index in [0.29, 0.717) is 11.4 Å². The number of anilines is 1. The first-order valence-corrected chi connectivity index (χ1v) is 3.88. The number of ketones is 1. The Labute approximate surface area is 75.8 Å². The van der Waals surface area contributed by atoms with E-state index in [4.69, 9.17) is 11.6 Å². The number of carbonyl (C=O) groups is 1. The summed E-state index contributed by atoms with van der Waals surface area (Å²) in [6.07, 6.45) is 0. The maximum absolute atomic E-state index is 10.9. The molecule has 0 saturated carbocycles. The Morgan fingerprint density at radius 2 is 2.25 bits per heavy atom. The monoisotopic (exact) mass is 184 g/mol. The van der Waals surface area contributed by atoms with Gasteiger partial charge >= 0.3 is 0 Å². The van der Waals surface area contributed by atoms with Crippen molar-refractivity contribution in [3.05, 3.63) is 22.8 Å². The van der Waals surface area contributed by atoms with Gasteiger partial charge in [-0.25, -0.2) is 4.98 Å². The first-order valence-electron chi connectivity index (χ1n) is 3.50. The number of hydrogen-bond acceptors (Lipinski definition) is 3. The number of rotatable bonds is 2. The first kappa shape index (κ1) is 9.00. The summed E-state index contributed by atoms with van der Waals surface area (Å²) in [5, 5.41) is 3.07. The molecule has 1 aromatic heterocycles. The van der Waals surface area contributed by atoms with Gasteiger partial charge in [0.25, 0.3) is 0 Å². The summed E-state index contributed by atoms with van der Waals surface area (Å²) in [6, 6.07) is 3.37. The molecule has 12 heavy (non-hydrogen) atoms. The SMILES string of the molecule is CNc1ccc(C(C)=O)c(Cl)n1. The molecule has 0 spiro atoms. The lowest BCUT2D eigenvalue weighted by Gasteiger charge is -2.01. The number of carbonyl (C=O) groups excluding carboxylic acids is 1. The van der Waals surface area contributed by atoms with Crippen molar-refractivity contribution < 1.29 is 4.79 Å². The summed E-state index contributed by atoms with van der Waals surface area (Å²) >= 11 is 5.73. The van der Waals surface area contributed by atoms with Crippen LogP contribution in [0, 0.1) is 0 Å². The van der Waals surface area contributed by atoms with E-state index in [9.17, 15) is 4.79 Å². The average Bonchev–Trinajstić information content (AvgIpc) is 2.03. The molecule has 3 nitrogen and oxygen atoms in total. The lowest BCUT2D eigenvalue weighted by Crippen LogP contribution is -1.98. The van der Waals surface area contributed by atoms with Crippen molar-refractivity contribution in [2.45, 2.75) is 6.92 Å². The highest BCUT2D eigenvalue weighted by molar-refractivity contribution is 6.32. The number of Topliss-reactive ketones (excluding diaryl/α,β-unsaturated/α-hetero) is 1. The Balaban J connectivity index is 3.12. The van der Waals surface area contributed by atoms with Gasteiger partial charge in [0.15, 0.2) is 5.78 Å². The molecule has 0 aliphatic heterocycles. The number of pyridine rings is 1. The van der Waals surface area contributed by atoms with Gasteiger partial charge < -0.3 is 5.32 Å². The van der Waals surface area contributed by atoms with E-state index in [1.807, 2.05) is 0 Å². The van der Waals surface area contributed by atoms with Crippen LogP contribution in [0.15, 0.2) is 12.1 Å². The van der Waals surface area contributed by atoms with Gasteiger partial charge in [0.2, 0.25) is 0 Å². The maximum Gasteiger partial charge on any atom is 0.162 e. The Hall–Kier alpha value is -1.09. The average molecular weight is 185 g/mol. The lowest BCUT2D eigenvalue weighted by molar-refractivity contribution is 0.101. The van der Waals surface area contributed by atoms with E-state index in [1.165, 1.54) is 6.92 Å². The molecule has 1 aromatic rings. The van der Waals surface area contributed by atoms with Crippen LogP contribution in [0.5, 0.6) is 0 Å². The number of nitrogens with one attached hydrogen (secondary N) is 1. The molecule has 0 atom stereocenters. The highest BCUT2D eigenvalue weighted by Crippen LogP contribution is 2.16. The minimum atomic E-state index is -0.0739. The summed E-state index contributed by atoms with van der Waals surface area (Å²) in [5.74, 6) is 0.583. The maximum atomic E-state index is 10.9. The summed E-state index contributed by atoms with van der Waals surface area (Å²) in [7, 11) is 1.74. The molecule has 1 heterocycles. The fourth-order valence-corrected chi connectivity index (χ4v) is 1.12. The molecule has 1 N–H and O–H groups in total. The van der Waals surface area contributed by atoms with Crippen LogP contribution < -0.4 is 5.32 Å². The molecule has 0 aromatic carbocycles. The van der Waals surface area contributed by atoms with Gasteiger partial charge in [0.1, 0.15) is 11.0 Å². The molecular formula is C8H9ClN2O. The summed E-state index contributed by atoms with van der Waals surface area (Å²) in [5.41, 5.74) is 0.454. The van der Waals surface area contributed by atoms with Crippen LogP contribution in [0.4, 0.5) is 5.82 Å². The van der Waals surface area contributed by atoms with E-state index in [1.54, 1.807) is 19.2 Å². The van der Waals surface area contributed by atoms with Crippen molar-refractivity contribution >= 4 is 23.2 Å². The zero-order valence-electron chi connectivity index (χ0n) is 6.89. The predicted molar refractivity (Wildman–Crippen MR) is 48.8 cm³/mol. The minimum absolute atomic E-state index is 0.0739. The van der Waals surface area contributed by atoms with Crippen molar-refractivity contribution in [1.82, 2.24) is 4.98 Å². The third-order valence-electron chi connectivity index (χ3n) is 1.48. The molecule has 1 rings (SSSR count). The molecular weight excluding hydrogens is 176 g/mol. The summed E-state index contributed by atoms with van der Waals surface area (Å²) in [6.45, 7) is 1.46. The number of hydrogen-bond donors (Lipinski definition) is 1. The van der Waals surface area contributed by atoms with E-state index >= 15 is 0 Å². The van der Waals surface area contributed by atoms with Crippen LogP contribution in [0.3, 0.4) is 0 Å². The Morgan fingerprint density at radius 1 is 1.58 bits per heavy atom. The van der Waals surface area contributed by atoms with Crippen LogP contribution >= 0.6 is 11.6 Å². The van der Waals surface area contributed by atoms with Crippen molar-refractivity contribution in [2.24, 2.45) is 0 Å². The molecule has 0 bridgehead atoms. The van der Waals surface area contributed by atoms with Gasteiger partial charge in [0, 0.05) is 7.05 Å². The zero-order valence-corrected chi connectivity index (χ0v) is 7.64. The topological polar surface area (TPSA) is 42.0 Å². The second kappa shape index (κ2) is 3.54. The minimum Gasteiger partial charge on any atom is -0.373 e. The van der Waals surface area contributed by atoms with Crippen LogP contribution in [0.2, 0.25) is 5.15 Å². The number of nitrogens with zero attached hydrogens (tertiary/aromatic N) is 1. The molecule has 0 aliphatic carbocycles. The molecule has 4 heteroatoms. The van der Waals surface area contributed by atoms with Gasteiger partial charge in [-0.05, 0) is 19.1 Å². The fourth-order valence-electron chi connectivity index (χ4n) is 0.836. The lowest BCUT2D eigenvalue weighted by atomic mass is 10.2. The standard InChI is InChI=1S/C8H9ClN2O/c1-5(12)6-3-4-7(10-2)11-8(6)9/h3-4H,1-2H3,(H,10,11). The third kappa shape index (κ3) is 1.74. The molecule has 0 unspecified atom stereocenters. The van der Waals surface area contributed by atoms with Crippen molar-refractivity contribution in [1.29, 1.82) is 0 Å². The van der Waals surface area contributed by atoms with Crippen molar-refractivity contribution in [2.75, 3.05) is 12.4 Å². The molecule has 0 aliphatic rings. The smallest absolute Gasteiger partial charge is 0.162 e. The van der Waals surface area contributed by atoms with Gasteiger partial charge in [-0.15, -0.1) is 0 Å². The van der Waals surface area contributed by atoms with Gasteiger partial charge in [0.05, 0.1) is 5.56 Å². The van der Waals surface area contributed by atoms with Gasteiger partial charge in [-0.3, -0.25) is 4.79 Å². The van der Waals surface area contributed by atoms with Gasteiger partial charge in [-0.2, -0.15) is 0 Å². The van der Waals surface area contributed by atoms with E-state index in [-0.39, 0.29) is 10.9 Å². The number of aromatic nitrogens is 1. The summed E-state index contributed by atoms with van der Waals surface area (Å²) < 4.78 is 0. The van der Waals surface area contributed by atoms with Crippen LogP contribution in [0.25, 0.3) is 0 Å². The quantitative estimate of drug-likeness (QED) is 0.565. The third-order valence-corrected chi connectivity index (χ3v) is 1.77. The van der Waals surface area contributed by atoms with Crippen LogP contribution in [0.1, 0.15) is 17.3 Å². The zero-order chi connectivity index (χ0) is 9.14. The molecule has 0 fully saturated rings. The van der Waals surface area contributed by atoms with Crippen LogP contribution in [-0.4, -0.2) is 17.8 Å². The summed E-state index contributed by atoms with van der Waals surface area (Å²) in [4.78, 5) is 14.9. The second-order valence-corrected chi connectivity index (χ2v) is 2.70. The molecule has 0 saturated heterocycles. The Kier molecular flexibility index (Phi) is 2.65. The van der Waals surface area contributed by atoms with E-state index in [2.05, 4.69) is 10.3 Å². The van der Waals surface area contributed by atoms with Gasteiger partial charge in [-0.1, -0.05) is 11.6 Å². The molecule has 64 valence electrons. The largest absolute Gasteiger partial charge is 0.373 e. The Morgan fingerprint density at radius 3 is 2.67 bits per heavy atom. The highest BCUT2D eigenvalue weighted by atomic mass is 35.5. The first-order chi connectivity index (χ1) is 5.65.